The molecule has 0 atom stereocenters. The Bertz CT molecular complexity index is 1000. The molecule has 0 fully saturated rings. The summed E-state index contributed by atoms with van der Waals surface area (Å²) in [5.74, 6) is 0.374. The zero-order valence-corrected chi connectivity index (χ0v) is 17.8. The van der Waals surface area contributed by atoms with Crippen LogP contribution in [0.3, 0.4) is 0 Å². The Morgan fingerprint density at radius 2 is 1.79 bits per heavy atom. The third-order valence-corrected chi connectivity index (χ3v) is 5.36. The van der Waals surface area contributed by atoms with Crippen LogP contribution in [0.25, 0.3) is 0 Å². The van der Waals surface area contributed by atoms with Crippen LogP contribution >= 0.6 is 15.9 Å². The number of rotatable bonds is 8. The average molecular weight is 456 g/mol. The van der Waals surface area contributed by atoms with Crippen molar-refractivity contribution in [2.75, 3.05) is 12.4 Å². The van der Waals surface area contributed by atoms with Gasteiger partial charge in [0.25, 0.3) is 0 Å². The number of halogens is 1. The summed E-state index contributed by atoms with van der Waals surface area (Å²) in [6.45, 7) is 2.97. The van der Waals surface area contributed by atoms with E-state index in [1.807, 2.05) is 30.3 Å². The average Bonchev–Trinajstić information content (AvgIpc) is 2.73. The molecule has 0 amide bonds. The molecule has 2 N–H and O–H groups in total. The van der Waals surface area contributed by atoms with Crippen LogP contribution in [0, 0.1) is 6.92 Å². The number of nitrogens with one attached hydrogen (secondary N) is 1. The third kappa shape index (κ3) is 5.09. The minimum atomic E-state index is -0.945. The van der Waals surface area contributed by atoms with Crippen LogP contribution in [-0.2, 0) is 13.2 Å². The van der Waals surface area contributed by atoms with Crippen LogP contribution in [0.15, 0.2) is 65.1 Å². The Kier molecular flexibility index (Phi) is 6.77. The van der Waals surface area contributed by atoms with E-state index in [4.69, 9.17) is 14.6 Å². The van der Waals surface area contributed by atoms with Crippen molar-refractivity contribution in [1.82, 2.24) is 0 Å². The number of benzene rings is 3. The van der Waals surface area contributed by atoms with Gasteiger partial charge in [-0.25, -0.2) is 4.79 Å². The van der Waals surface area contributed by atoms with Gasteiger partial charge < -0.3 is 19.9 Å². The number of anilines is 1. The van der Waals surface area contributed by atoms with E-state index >= 15 is 0 Å². The molecule has 3 aromatic rings. The molecule has 0 aliphatic carbocycles. The predicted molar refractivity (Wildman–Crippen MR) is 117 cm³/mol. The highest BCUT2D eigenvalue weighted by atomic mass is 79.9. The van der Waals surface area contributed by atoms with Crippen LogP contribution in [0.4, 0.5) is 5.69 Å². The highest BCUT2D eigenvalue weighted by Crippen LogP contribution is 2.37. The van der Waals surface area contributed by atoms with Crippen molar-refractivity contribution >= 4 is 27.6 Å². The molecule has 0 unspecified atom stereocenters. The summed E-state index contributed by atoms with van der Waals surface area (Å²) in [4.78, 5) is 11.0. The van der Waals surface area contributed by atoms with Gasteiger partial charge in [0.05, 0.1) is 12.7 Å². The third-order valence-electron chi connectivity index (χ3n) is 4.62. The molecular weight excluding hydrogens is 434 g/mol. The fraction of sp³-hybridized carbons (Fsp3) is 0.174. The number of aryl methyl sites for hydroxylation is 1. The maximum absolute atomic E-state index is 11.0. The molecule has 0 radical (unpaired) electrons. The quantitative estimate of drug-likeness (QED) is 0.458. The molecule has 0 aromatic heterocycles. The van der Waals surface area contributed by atoms with E-state index in [0.717, 1.165) is 21.3 Å². The molecule has 3 rings (SSSR count). The topological polar surface area (TPSA) is 67.8 Å². The molecule has 0 aliphatic rings. The van der Waals surface area contributed by atoms with E-state index in [1.165, 1.54) is 5.56 Å². The zero-order chi connectivity index (χ0) is 20.8. The number of aromatic carboxylic acids is 1. The van der Waals surface area contributed by atoms with Crippen molar-refractivity contribution in [1.29, 1.82) is 0 Å². The van der Waals surface area contributed by atoms with Crippen molar-refractivity contribution in [2.24, 2.45) is 0 Å². The van der Waals surface area contributed by atoms with Gasteiger partial charge in [-0.05, 0) is 54.4 Å². The molecule has 0 aliphatic heterocycles. The summed E-state index contributed by atoms with van der Waals surface area (Å²) >= 11 is 3.60. The van der Waals surface area contributed by atoms with Crippen LogP contribution in [0.2, 0.25) is 0 Å². The first-order valence-corrected chi connectivity index (χ1v) is 9.88. The fourth-order valence-electron chi connectivity index (χ4n) is 2.91. The summed E-state index contributed by atoms with van der Waals surface area (Å²) in [5.41, 5.74) is 4.26. The van der Waals surface area contributed by atoms with Gasteiger partial charge in [-0.1, -0.05) is 40.2 Å². The second kappa shape index (κ2) is 9.47. The summed E-state index contributed by atoms with van der Waals surface area (Å²) < 4.78 is 12.6. The molecule has 5 nitrogen and oxygen atoms in total. The van der Waals surface area contributed by atoms with Gasteiger partial charge in [0.15, 0.2) is 11.5 Å². The number of carboxylic acid groups (broad SMARTS) is 1. The molecule has 0 saturated carbocycles. The first-order chi connectivity index (χ1) is 14.0. The molecule has 0 heterocycles. The van der Waals surface area contributed by atoms with E-state index in [0.29, 0.717) is 24.7 Å². The lowest BCUT2D eigenvalue weighted by molar-refractivity contribution is 0.0697. The maximum Gasteiger partial charge on any atom is 0.335 e. The maximum atomic E-state index is 11.0. The van der Waals surface area contributed by atoms with Gasteiger partial charge in [-0.3, -0.25) is 0 Å². The largest absolute Gasteiger partial charge is 0.493 e. The van der Waals surface area contributed by atoms with E-state index in [1.54, 1.807) is 31.4 Å². The lowest BCUT2D eigenvalue weighted by atomic mass is 10.1. The van der Waals surface area contributed by atoms with E-state index in [9.17, 15) is 4.79 Å². The molecular formula is C23H22BrNO4. The molecule has 29 heavy (non-hydrogen) atoms. The van der Waals surface area contributed by atoms with Gasteiger partial charge in [0, 0.05) is 22.3 Å². The highest BCUT2D eigenvalue weighted by Gasteiger charge is 2.15. The van der Waals surface area contributed by atoms with Crippen LogP contribution in [0.5, 0.6) is 11.5 Å². The second-order valence-corrected chi connectivity index (χ2v) is 7.36. The Balaban J connectivity index is 1.81. The van der Waals surface area contributed by atoms with Gasteiger partial charge in [0.2, 0.25) is 0 Å². The second-order valence-electron chi connectivity index (χ2n) is 6.51. The molecule has 6 heteroatoms. The van der Waals surface area contributed by atoms with Crippen molar-refractivity contribution in [3.63, 3.8) is 0 Å². The van der Waals surface area contributed by atoms with Crippen molar-refractivity contribution in [3.8, 4) is 11.5 Å². The SMILES string of the molecule is COc1ccc(Br)c(CNc2ccc(C(=O)O)cc2)c1OCc1ccccc1C. The Morgan fingerprint density at radius 3 is 2.45 bits per heavy atom. The summed E-state index contributed by atoms with van der Waals surface area (Å²) in [5, 5.41) is 12.3. The normalized spacial score (nSPS) is 10.4. The molecule has 0 saturated heterocycles. The summed E-state index contributed by atoms with van der Waals surface area (Å²) in [6, 6.07) is 18.5. The number of ether oxygens (including phenoxy) is 2. The lowest BCUT2D eigenvalue weighted by Gasteiger charge is -2.18. The smallest absolute Gasteiger partial charge is 0.335 e. The number of carboxylic acids is 1. The Hall–Kier alpha value is -2.99. The minimum Gasteiger partial charge on any atom is -0.493 e. The monoisotopic (exact) mass is 455 g/mol. The van der Waals surface area contributed by atoms with E-state index in [2.05, 4.69) is 34.2 Å². The van der Waals surface area contributed by atoms with Crippen molar-refractivity contribution in [3.05, 3.63) is 87.4 Å². The number of hydrogen-bond donors (Lipinski definition) is 2. The zero-order valence-electron chi connectivity index (χ0n) is 16.2. The van der Waals surface area contributed by atoms with Gasteiger partial charge in [0.1, 0.15) is 6.61 Å². The van der Waals surface area contributed by atoms with Gasteiger partial charge >= 0.3 is 5.97 Å². The number of hydrogen-bond acceptors (Lipinski definition) is 4. The predicted octanol–water partition coefficient (Wildman–Crippen LogP) is 5.66. The summed E-state index contributed by atoms with van der Waals surface area (Å²) in [7, 11) is 1.62. The van der Waals surface area contributed by atoms with E-state index in [-0.39, 0.29) is 5.56 Å². The fourth-order valence-corrected chi connectivity index (χ4v) is 3.36. The molecule has 150 valence electrons. The van der Waals surface area contributed by atoms with Crippen LogP contribution < -0.4 is 14.8 Å². The minimum absolute atomic E-state index is 0.250. The van der Waals surface area contributed by atoms with Crippen LogP contribution in [-0.4, -0.2) is 18.2 Å². The number of methoxy groups -OCH3 is 1. The lowest BCUT2D eigenvalue weighted by Crippen LogP contribution is -2.07. The number of carbonyl (C=O) groups is 1. The first-order valence-electron chi connectivity index (χ1n) is 9.09. The molecule has 3 aromatic carbocycles. The first kappa shape index (κ1) is 20.7. The van der Waals surface area contributed by atoms with E-state index < -0.39 is 5.97 Å². The van der Waals surface area contributed by atoms with Gasteiger partial charge in [-0.2, -0.15) is 0 Å². The highest BCUT2D eigenvalue weighted by molar-refractivity contribution is 9.10. The van der Waals surface area contributed by atoms with Crippen molar-refractivity contribution in [2.45, 2.75) is 20.1 Å². The Morgan fingerprint density at radius 1 is 1.07 bits per heavy atom. The molecule has 0 bridgehead atoms. The van der Waals surface area contributed by atoms with Gasteiger partial charge in [-0.15, -0.1) is 0 Å². The summed E-state index contributed by atoms with van der Waals surface area (Å²) in [6.07, 6.45) is 0. The molecule has 0 spiro atoms. The van der Waals surface area contributed by atoms with Crippen LogP contribution in [0.1, 0.15) is 27.0 Å². The standard InChI is InChI=1S/C23H22BrNO4/c1-15-5-3-4-6-17(15)14-29-22-19(20(24)11-12-21(22)28-2)13-25-18-9-7-16(8-10-18)23(26)27/h3-12,25H,13-14H2,1-2H3,(H,26,27). The van der Waals surface area contributed by atoms with Crippen molar-refractivity contribution < 1.29 is 19.4 Å². The Labute approximate surface area is 178 Å².